The van der Waals surface area contributed by atoms with Gasteiger partial charge in [-0.05, 0) is 78.8 Å². The molecule has 2 N–H and O–H groups in total. The number of fused-ring (bicyclic) bond motifs is 1. The van der Waals surface area contributed by atoms with Gasteiger partial charge in [0.25, 0.3) is 0 Å². The van der Waals surface area contributed by atoms with Crippen molar-refractivity contribution < 1.29 is 13.2 Å². The summed E-state index contributed by atoms with van der Waals surface area (Å²) >= 11 is 0. The Balaban J connectivity index is 1.61. The molecule has 5 nitrogen and oxygen atoms in total. The van der Waals surface area contributed by atoms with Crippen LogP contribution in [0.5, 0.6) is 0 Å². The van der Waals surface area contributed by atoms with Gasteiger partial charge in [0.15, 0.2) is 9.84 Å². The number of rotatable bonds is 6. The van der Waals surface area contributed by atoms with E-state index in [-0.39, 0.29) is 5.91 Å². The SMILES string of the molecule is CC(C)(c1cc(-c2cccc(-c3ccc(C4(C(N)=O)CC4)cc3)c2)c2ncccc2c1)S(C)(=O)=O. The molecule has 0 unspecified atom stereocenters. The molecular formula is C29H28N2O3S. The quantitative estimate of drug-likeness (QED) is 0.399. The van der Waals surface area contributed by atoms with Gasteiger partial charge >= 0.3 is 0 Å². The van der Waals surface area contributed by atoms with E-state index in [0.717, 1.165) is 57.1 Å². The molecule has 0 bridgehead atoms. The van der Waals surface area contributed by atoms with Crippen molar-refractivity contribution in [1.29, 1.82) is 0 Å². The standard InChI is InChI=1S/C29H28N2O3S/c1-28(2,35(3,33)34)24-17-22-8-5-15-31-26(22)25(18-24)21-7-4-6-20(16-21)19-9-11-23(12-10-19)29(13-14-29)27(30)32/h4-12,15-18H,13-14H2,1-3H3,(H2,30,32). The lowest BCUT2D eigenvalue weighted by Crippen LogP contribution is -2.28. The number of primary amides is 1. The predicted octanol–water partition coefficient (Wildman–Crippen LogP) is 5.37. The zero-order valence-electron chi connectivity index (χ0n) is 20.1. The largest absolute Gasteiger partial charge is 0.369 e. The molecule has 35 heavy (non-hydrogen) atoms. The Bertz CT molecular complexity index is 1570. The van der Waals surface area contributed by atoms with Crippen molar-refractivity contribution >= 4 is 26.6 Å². The maximum Gasteiger partial charge on any atom is 0.228 e. The van der Waals surface area contributed by atoms with Gasteiger partial charge in [-0.15, -0.1) is 0 Å². The van der Waals surface area contributed by atoms with Gasteiger partial charge in [0.05, 0.1) is 15.7 Å². The number of aromatic nitrogens is 1. The third-order valence-electron chi connectivity index (χ3n) is 7.49. The van der Waals surface area contributed by atoms with Crippen LogP contribution < -0.4 is 5.73 Å². The molecule has 1 fully saturated rings. The highest BCUT2D eigenvalue weighted by Gasteiger charge is 2.49. The van der Waals surface area contributed by atoms with Crippen LogP contribution in [0.4, 0.5) is 0 Å². The Kier molecular flexibility index (Phi) is 5.33. The van der Waals surface area contributed by atoms with Gasteiger partial charge < -0.3 is 5.73 Å². The Morgan fingerprint density at radius 1 is 0.914 bits per heavy atom. The highest BCUT2D eigenvalue weighted by Crippen LogP contribution is 2.48. The molecule has 6 heteroatoms. The highest BCUT2D eigenvalue weighted by molar-refractivity contribution is 7.91. The summed E-state index contributed by atoms with van der Waals surface area (Å²) in [6, 6.07) is 23.9. The average molecular weight is 485 g/mol. The lowest BCUT2D eigenvalue weighted by atomic mass is 9.91. The van der Waals surface area contributed by atoms with E-state index in [0.29, 0.717) is 0 Å². The van der Waals surface area contributed by atoms with E-state index >= 15 is 0 Å². The zero-order chi connectivity index (χ0) is 25.0. The molecule has 1 aliphatic carbocycles. The fourth-order valence-corrected chi connectivity index (χ4v) is 5.17. The topological polar surface area (TPSA) is 90.1 Å². The summed E-state index contributed by atoms with van der Waals surface area (Å²) in [4.78, 5) is 16.5. The lowest BCUT2D eigenvalue weighted by molar-refractivity contribution is -0.120. The number of hydrogen-bond acceptors (Lipinski definition) is 4. The smallest absolute Gasteiger partial charge is 0.228 e. The third-order valence-corrected chi connectivity index (χ3v) is 9.58. The Labute approximate surface area is 205 Å². The fraction of sp³-hybridized carbons (Fsp3) is 0.241. The summed E-state index contributed by atoms with van der Waals surface area (Å²) < 4.78 is 24.1. The van der Waals surface area contributed by atoms with Gasteiger partial charge in [-0.2, -0.15) is 0 Å². The molecule has 1 aliphatic rings. The van der Waals surface area contributed by atoms with Crippen LogP contribution in [0.1, 0.15) is 37.8 Å². The summed E-state index contributed by atoms with van der Waals surface area (Å²) in [7, 11) is -3.34. The molecule has 0 atom stereocenters. The first-order valence-corrected chi connectivity index (χ1v) is 13.5. The van der Waals surface area contributed by atoms with Crippen LogP contribution in [0.3, 0.4) is 0 Å². The van der Waals surface area contributed by atoms with E-state index < -0.39 is 20.0 Å². The van der Waals surface area contributed by atoms with Crippen molar-refractivity contribution in [3.05, 3.63) is 90.1 Å². The maximum absolute atomic E-state index is 12.6. The Morgan fingerprint density at radius 2 is 1.60 bits per heavy atom. The van der Waals surface area contributed by atoms with Crippen LogP contribution in [0.15, 0.2) is 79.0 Å². The van der Waals surface area contributed by atoms with Gasteiger partial charge in [0, 0.05) is 23.4 Å². The number of carbonyl (C=O) groups is 1. The van der Waals surface area contributed by atoms with Crippen molar-refractivity contribution in [2.45, 2.75) is 36.9 Å². The molecule has 178 valence electrons. The van der Waals surface area contributed by atoms with E-state index in [4.69, 9.17) is 5.73 Å². The van der Waals surface area contributed by atoms with Crippen molar-refractivity contribution in [3.63, 3.8) is 0 Å². The van der Waals surface area contributed by atoms with Gasteiger partial charge in [0.2, 0.25) is 5.91 Å². The fourth-order valence-electron chi connectivity index (χ4n) is 4.62. The van der Waals surface area contributed by atoms with Crippen LogP contribution in [0.2, 0.25) is 0 Å². The Hall–Kier alpha value is -3.51. The first-order chi connectivity index (χ1) is 16.5. The van der Waals surface area contributed by atoms with Crippen LogP contribution in [-0.2, 0) is 24.8 Å². The van der Waals surface area contributed by atoms with Crippen LogP contribution in [0.25, 0.3) is 33.2 Å². The van der Waals surface area contributed by atoms with E-state index in [2.05, 4.69) is 11.1 Å². The second kappa shape index (κ2) is 8.02. The monoisotopic (exact) mass is 484 g/mol. The number of nitrogens with zero attached hydrogens (tertiary/aromatic N) is 1. The summed E-state index contributed by atoms with van der Waals surface area (Å²) in [5.41, 5.74) is 11.5. The molecule has 3 aromatic carbocycles. The first kappa shape index (κ1) is 23.2. The second-order valence-electron chi connectivity index (χ2n) is 9.99. The lowest BCUT2D eigenvalue weighted by Gasteiger charge is -2.24. The van der Waals surface area contributed by atoms with Crippen LogP contribution in [0, 0.1) is 0 Å². The van der Waals surface area contributed by atoms with E-state index in [1.165, 1.54) is 6.26 Å². The number of amides is 1. The van der Waals surface area contributed by atoms with Gasteiger partial charge in [-0.1, -0.05) is 48.5 Å². The molecule has 1 heterocycles. The number of benzene rings is 3. The minimum absolute atomic E-state index is 0.261. The van der Waals surface area contributed by atoms with Gasteiger partial charge in [-0.25, -0.2) is 8.42 Å². The molecule has 5 rings (SSSR count). The summed E-state index contributed by atoms with van der Waals surface area (Å²) in [5.74, 6) is -0.261. The van der Waals surface area contributed by atoms with Crippen molar-refractivity contribution in [2.75, 3.05) is 6.26 Å². The van der Waals surface area contributed by atoms with E-state index in [1.54, 1.807) is 20.0 Å². The third kappa shape index (κ3) is 3.92. The average Bonchev–Trinajstić information content (AvgIpc) is 3.65. The minimum Gasteiger partial charge on any atom is -0.369 e. The highest BCUT2D eigenvalue weighted by atomic mass is 32.2. The first-order valence-electron chi connectivity index (χ1n) is 11.6. The molecule has 1 aromatic heterocycles. The minimum atomic E-state index is -3.34. The second-order valence-corrected chi connectivity index (χ2v) is 12.6. The van der Waals surface area contributed by atoms with Crippen molar-refractivity contribution in [2.24, 2.45) is 5.73 Å². The number of hydrogen-bond donors (Lipinski definition) is 1. The molecule has 0 aliphatic heterocycles. The van der Waals surface area contributed by atoms with Crippen LogP contribution >= 0.6 is 0 Å². The van der Waals surface area contributed by atoms with Gasteiger partial charge in [-0.3, -0.25) is 9.78 Å². The van der Waals surface area contributed by atoms with Crippen molar-refractivity contribution in [3.8, 4) is 22.3 Å². The summed E-state index contributed by atoms with van der Waals surface area (Å²) in [6.07, 6.45) is 4.63. The van der Waals surface area contributed by atoms with Crippen molar-refractivity contribution in [1.82, 2.24) is 4.98 Å². The number of carbonyl (C=O) groups excluding carboxylic acids is 1. The maximum atomic E-state index is 12.6. The number of pyridine rings is 1. The molecule has 0 spiro atoms. The zero-order valence-corrected chi connectivity index (χ0v) is 20.9. The van der Waals surface area contributed by atoms with Crippen LogP contribution in [-0.4, -0.2) is 25.6 Å². The van der Waals surface area contributed by atoms with E-state index in [9.17, 15) is 13.2 Å². The molecule has 4 aromatic rings. The normalized spacial score (nSPS) is 15.2. The molecular weight excluding hydrogens is 456 g/mol. The Morgan fingerprint density at radius 3 is 2.23 bits per heavy atom. The number of sulfone groups is 1. The molecule has 1 saturated carbocycles. The number of nitrogens with two attached hydrogens (primary N) is 1. The molecule has 0 saturated heterocycles. The predicted molar refractivity (Wildman–Crippen MR) is 141 cm³/mol. The molecule has 0 radical (unpaired) electrons. The molecule has 1 amide bonds. The van der Waals surface area contributed by atoms with Gasteiger partial charge in [0.1, 0.15) is 0 Å². The summed E-state index contributed by atoms with van der Waals surface area (Å²) in [6.45, 7) is 3.47. The van der Waals surface area contributed by atoms with E-state index in [1.807, 2.05) is 66.7 Å². The summed E-state index contributed by atoms with van der Waals surface area (Å²) in [5, 5.41) is 0.896.